The van der Waals surface area contributed by atoms with Gasteiger partial charge in [0.05, 0.1) is 11.6 Å². The Kier molecular flexibility index (Phi) is 6.36. The van der Waals surface area contributed by atoms with Crippen LogP contribution in [0.4, 0.5) is 0 Å². The molecule has 0 spiro atoms. The van der Waals surface area contributed by atoms with Crippen molar-refractivity contribution in [2.45, 2.75) is 25.2 Å². The molecule has 0 saturated carbocycles. The Balaban J connectivity index is 2.18. The van der Waals surface area contributed by atoms with E-state index in [4.69, 9.17) is 4.74 Å². The van der Waals surface area contributed by atoms with Gasteiger partial charge in [0.2, 0.25) is 0 Å². The van der Waals surface area contributed by atoms with E-state index in [1.165, 1.54) is 10.6 Å². The summed E-state index contributed by atoms with van der Waals surface area (Å²) < 4.78 is 5.13. The van der Waals surface area contributed by atoms with Crippen LogP contribution in [0.3, 0.4) is 0 Å². The first-order chi connectivity index (χ1) is 10.3. The van der Waals surface area contributed by atoms with Crippen molar-refractivity contribution in [3.63, 3.8) is 0 Å². The lowest BCUT2D eigenvalue weighted by atomic mass is 9.75. The maximum Gasteiger partial charge on any atom is 0.0934 e. The summed E-state index contributed by atoms with van der Waals surface area (Å²) in [7, 11) is 1.74. The summed E-state index contributed by atoms with van der Waals surface area (Å²) in [4.78, 5) is 4.48. The van der Waals surface area contributed by atoms with Gasteiger partial charge in [-0.05, 0) is 12.0 Å². The van der Waals surface area contributed by atoms with Gasteiger partial charge in [-0.1, -0.05) is 37.3 Å². The van der Waals surface area contributed by atoms with Crippen molar-refractivity contribution in [1.82, 2.24) is 10.3 Å². The van der Waals surface area contributed by atoms with Gasteiger partial charge in [-0.15, -0.1) is 11.3 Å². The Morgan fingerprint density at radius 3 is 2.71 bits per heavy atom. The third kappa shape index (κ3) is 4.37. The topological polar surface area (TPSA) is 34.1 Å². The highest BCUT2D eigenvalue weighted by atomic mass is 32.1. The minimum Gasteiger partial charge on any atom is -0.383 e. The van der Waals surface area contributed by atoms with Gasteiger partial charge in [-0.3, -0.25) is 0 Å². The fraction of sp³-hybridized carbons (Fsp3) is 0.471. The number of benzene rings is 1. The van der Waals surface area contributed by atoms with E-state index in [9.17, 15) is 0 Å². The van der Waals surface area contributed by atoms with Gasteiger partial charge in [0.25, 0.3) is 0 Å². The van der Waals surface area contributed by atoms with Crippen LogP contribution in [0.25, 0.3) is 0 Å². The van der Waals surface area contributed by atoms with Crippen molar-refractivity contribution >= 4 is 11.3 Å². The first-order valence-electron chi connectivity index (χ1n) is 7.44. The first kappa shape index (κ1) is 16.1. The minimum absolute atomic E-state index is 0.0901. The van der Waals surface area contributed by atoms with Crippen molar-refractivity contribution in [3.05, 3.63) is 52.5 Å². The molecule has 1 atom stereocenters. The van der Waals surface area contributed by atoms with Crippen LogP contribution in [0.15, 0.2) is 41.9 Å². The van der Waals surface area contributed by atoms with Crippen LogP contribution in [-0.2, 0) is 16.6 Å². The molecule has 1 aromatic carbocycles. The number of thiazole rings is 1. The van der Waals surface area contributed by atoms with Crippen molar-refractivity contribution < 1.29 is 4.74 Å². The normalized spacial score (nSPS) is 14.0. The van der Waals surface area contributed by atoms with Crippen molar-refractivity contribution in [2.75, 3.05) is 26.8 Å². The zero-order valence-corrected chi connectivity index (χ0v) is 13.7. The van der Waals surface area contributed by atoms with E-state index in [0.29, 0.717) is 0 Å². The molecule has 0 aliphatic carbocycles. The number of rotatable bonds is 9. The molecule has 0 bridgehead atoms. The van der Waals surface area contributed by atoms with Gasteiger partial charge in [0, 0.05) is 43.6 Å². The molecule has 1 unspecified atom stereocenters. The summed E-state index contributed by atoms with van der Waals surface area (Å²) in [6.45, 7) is 4.82. The standard InChI is InChI=1S/C17H24N2OS/c1-3-17(14-18-9-11-20-2,13-16-19-10-12-21-16)15-7-5-4-6-8-15/h4-8,10,12,18H,3,9,11,13-14H2,1-2H3. The van der Waals surface area contributed by atoms with E-state index in [1.54, 1.807) is 18.4 Å². The van der Waals surface area contributed by atoms with Gasteiger partial charge < -0.3 is 10.1 Å². The molecular weight excluding hydrogens is 280 g/mol. The molecule has 0 amide bonds. The molecule has 0 radical (unpaired) electrons. The fourth-order valence-corrected chi connectivity index (χ4v) is 3.40. The SMILES string of the molecule is CCC(CNCCOC)(Cc1nccs1)c1ccccc1. The maximum atomic E-state index is 5.13. The fourth-order valence-electron chi connectivity index (χ4n) is 2.64. The number of nitrogens with zero attached hydrogens (tertiary/aromatic N) is 1. The average molecular weight is 304 g/mol. The molecule has 21 heavy (non-hydrogen) atoms. The molecule has 114 valence electrons. The van der Waals surface area contributed by atoms with E-state index in [-0.39, 0.29) is 5.41 Å². The predicted molar refractivity (Wildman–Crippen MR) is 89.0 cm³/mol. The number of aromatic nitrogens is 1. The highest BCUT2D eigenvalue weighted by molar-refractivity contribution is 7.09. The second kappa shape index (κ2) is 8.27. The molecule has 1 aromatic heterocycles. The van der Waals surface area contributed by atoms with E-state index < -0.39 is 0 Å². The van der Waals surface area contributed by atoms with Crippen LogP contribution in [0.1, 0.15) is 23.9 Å². The average Bonchev–Trinajstić information content (AvgIpc) is 3.04. The smallest absolute Gasteiger partial charge is 0.0934 e. The molecule has 2 rings (SSSR count). The summed E-state index contributed by atoms with van der Waals surface area (Å²) in [5.74, 6) is 0. The second-order valence-corrected chi connectivity index (χ2v) is 6.25. The van der Waals surface area contributed by atoms with Crippen LogP contribution >= 0.6 is 11.3 Å². The summed E-state index contributed by atoms with van der Waals surface area (Å²) in [5.41, 5.74) is 1.47. The second-order valence-electron chi connectivity index (χ2n) is 5.27. The van der Waals surface area contributed by atoms with E-state index in [1.807, 2.05) is 6.20 Å². The van der Waals surface area contributed by atoms with Gasteiger partial charge in [0.15, 0.2) is 0 Å². The van der Waals surface area contributed by atoms with Crippen molar-refractivity contribution in [1.29, 1.82) is 0 Å². The lowest BCUT2D eigenvalue weighted by molar-refractivity contribution is 0.196. The van der Waals surface area contributed by atoms with Crippen LogP contribution in [-0.4, -0.2) is 31.8 Å². The largest absolute Gasteiger partial charge is 0.383 e. The first-order valence-corrected chi connectivity index (χ1v) is 8.32. The Bertz CT molecular complexity index is 501. The van der Waals surface area contributed by atoms with Gasteiger partial charge >= 0.3 is 0 Å². The van der Waals surface area contributed by atoms with Gasteiger partial charge in [-0.25, -0.2) is 4.98 Å². The predicted octanol–water partition coefficient (Wildman–Crippen LogP) is 3.27. The van der Waals surface area contributed by atoms with Crippen molar-refractivity contribution in [2.24, 2.45) is 0 Å². The highest BCUT2D eigenvalue weighted by Crippen LogP contribution is 2.32. The van der Waals surface area contributed by atoms with E-state index in [0.717, 1.165) is 32.5 Å². The summed E-state index contributed by atoms with van der Waals surface area (Å²) in [6.07, 6.45) is 3.95. The molecule has 0 saturated heterocycles. The molecule has 1 heterocycles. The van der Waals surface area contributed by atoms with Crippen LogP contribution in [0, 0.1) is 0 Å². The number of nitrogens with one attached hydrogen (secondary N) is 1. The molecule has 4 heteroatoms. The van der Waals surface area contributed by atoms with Crippen LogP contribution in [0.5, 0.6) is 0 Å². The summed E-state index contributed by atoms with van der Waals surface area (Å²) in [6, 6.07) is 10.8. The Hall–Kier alpha value is -1.23. The molecule has 0 fully saturated rings. The third-order valence-electron chi connectivity index (χ3n) is 3.98. The van der Waals surface area contributed by atoms with Crippen molar-refractivity contribution in [3.8, 4) is 0 Å². The Morgan fingerprint density at radius 1 is 1.29 bits per heavy atom. The van der Waals surface area contributed by atoms with E-state index >= 15 is 0 Å². The number of methoxy groups -OCH3 is 1. The molecule has 1 N–H and O–H groups in total. The third-order valence-corrected chi connectivity index (χ3v) is 4.76. The molecule has 0 aliphatic heterocycles. The molecule has 0 aliphatic rings. The minimum atomic E-state index is 0.0901. The summed E-state index contributed by atoms with van der Waals surface area (Å²) >= 11 is 1.74. The zero-order chi connectivity index (χ0) is 15.0. The Morgan fingerprint density at radius 2 is 2.10 bits per heavy atom. The van der Waals surface area contributed by atoms with E-state index in [2.05, 4.69) is 52.9 Å². The van der Waals surface area contributed by atoms with Crippen LogP contribution in [0.2, 0.25) is 0 Å². The maximum absolute atomic E-state index is 5.13. The zero-order valence-electron chi connectivity index (χ0n) is 12.8. The quantitative estimate of drug-likeness (QED) is 0.722. The number of hydrogen-bond acceptors (Lipinski definition) is 4. The number of hydrogen-bond donors (Lipinski definition) is 1. The molecule has 3 nitrogen and oxygen atoms in total. The molecule has 2 aromatic rings. The van der Waals surface area contributed by atoms with Crippen LogP contribution < -0.4 is 5.32 Å². The number of ether oxygens (including phenoxy) is 1. The highest BCUT2D eigenvalue weighted by Gasteiger charge is 2.31. The Labute approximate surface area is 131 Å². The monoisotopic (exact) mass is 304 g/mol. The van der Waals surface area contributed by atoms with Gasteiger partial charge in [-0.2, -0.15) is 0 Å². The molecular formula is C17H24N2OS. The summed E-state index contributed by atoms with van der Waals surface area (Å²) in [5, 5.41) is 6.80. The lowest BCUT2D eigenvalue weighted by Crippen LogP contribution is -2.40. The lowest BCUT2D eigenvalue weighted by Gasteiger charge is -2.33. The van der Waals surface area contributed by atoms with Gasteiger partial charge in [0.1, 0.15) is 0 Å².